The van der Waals surface area contributed by atoms with E-state index in [2.05, 4.69) is 16.3 Å². The van der Waals surface area contributed by atoms with Gasteiger partial charge in [-0.15, -0.1) is 0 Å². The standard InChI is InChI=1S/C25H31FN2O3/c1-30-23-13-19-11-12-28(16-17-7-9-20(26)10-8-17)22(21(19)14-24(23)31-2)15-27-25(29)18-5-3-4-6-18/h7-10,13-14,18,22H,3-6,11-12,15-16H2,1-2H3,(H,27,29). The zero-order chi connectivity index (χ0) is 21.8. The number of ether oxygens (including phenoxy) is 2. The number of nitrogens with one attached hydrogen (secondary N) is 1. The van der Waals surface area contributed by atoms with E-state index < -0.39 is 0 Å². The molecule has 0 spiro atoms. The largest absolute Gasteiger partial charge is 0.493 e. The Morgan fingerprint density at radius 2 is 1.77 bits per heavy atom. The molecular formula is C25H31FN2O3. The molecule has 1 amide bonds. The van der Waals surface area contributed by atoms with Crippen LogP contribution in [-0.4, -0.2) is 38.1 Å². The number of amides is 1. The number of methoxy groups -OCH3 is 2. The number of halogens is 1. The number of carbonyl (C=O) groups excluding carboxylic acids is 1. The van der Waals surface area contributed by atoms with E-state index in [1.54, 1.807) is 14.2 Å². The van der Waals surface area contributed by atoms with Crippen molar-refractivity contribution >= 4 is 5.91 Å². The fraction of sp³-hybridized carbons (Fsp3) is 0.480. The van der Waals surface area contributed by atoms with E-state index in [9.17, 15) is 9.18 Å². The third-order valence-electron chi connectivity index (χ3n) is 6.61. The molecule has 1 atom stereocenters. The van der Waals surface area contributed by atoms with E-state index in [4.69, 9.17) is 9.47 Å². The number of nitrogens with zero attached hydrogens (tertiary/aromatic N) is 1. The second kappa shape index (κ2) is 9.69. The highest BCUT2D eigenvalue weighted by Crippen LogP contribution is 2.38. The first kappa shape index (κ1) is 21.6. The van der Waals surface area contributed by atoms with Gasteiger partial charge in [0, 0.05) is 25.6 Å². The Morgan fingerprint density at radius 3 is 2.45 bits per heavy atom. The zero-order valence-electron chi connectivity index (χ0n) is 18.3. The van der Waals surface area contributed by atoms with E-state index in [0.717, 1.165) is 55.5 Å². The quantitative estimate of drug-likeness (QED) is 0.719. The molecule has 2 aromatic carbocycles. The van der Waals surface area contributed by atoms with Gasteiger partial charge in [-0.05, 0) is 60.2 Å². The van der Waals surface area contributed by atoms with Crippen LogP contribution in [0.2, 0.25) is 0 Å². The molecule has 1 aliphatic heterocycles. The summed E-state index contributed by atoms with van der Waals surface area (Å²) in [6.07, 6.45) is 5.12. The van der Waals surface area contributed by atoms with Gasteiger partial charge in [0.1, 0.15) is 5.82 Å². The maximum absolute atomic E-state index is 13.4. The maximum Gasteiger partial charge on any atom is 0.223 e. The van der Waals surface area contributed by atoms with Crippen molar-refractivity contribution in [2.45, 2.75) is 44.7 Å². The number of carbonyl (C=O) groups is 1. The molecule has 1 fully saturated rings. The number of rotatable bonds is 7. The van der Waals surface area contributed by atoms with E-state index in [1.807, 2.05) is 18.2 Å². The highest BCUT2D eigenvalue weighted by molar-refractivity contribution is 5.78. The Morgan fingerprint density at radius 1 is 1.10 bits per heavy atom. The lowest BCUT2D eigenvalue weighted by atomic mass is 9.91. The van der Waals surface area contributed by atoms with Crippen molar-refractivity contribution in [1.29, 1.82) is 0 Å². The van der Waals surface area contributed by atoms with Gasteiger partial charge >= 0.3 is 0 Å². The number of hydrogen-bond donors (Lipinski definition) is 1. The van der Waals surface area contributed by atoms with E-state index in [1.165, 1.54) is 17.7 Å². The van der Waals surface area contributed by atoms with Gasteiger partial charge in [0.2, 0.25) is 5.91 Å². The average molecular weight is 427 g/mol. The summed E-state index contributed by atoms with van der Waals surface area (Å²) in [5.74, 6) is 1.48. The summed E-state index contributed by atoms with van der Waals surface area (Å²) in [5.41, 5.74) is 3.42. The van der Waals surface area contributed by atoms with Crippen molar-refractivity contribution in [3.63, 3.8) is 0 Å². The molecule has 1 unspecified atom stereocenters. The van der Waals surface area contributed by atoms with Crippen molar-refractivity contribution < 1.29 is 18.7 Å². The van der Waals surface area contributed by atoms with Gasteiger partial charge in [0.25, 0.3) is 0 Å². The molecule has 0 bridgehead atoms. The summed E-state index contributed by atoms with van der Waals surface area (Å²) < 4.78 is 24.4. The second-order valence-corrected chi connectivity index (χ2v) is 8.50. The predicted octanol–water partition coefficient (Wildman–Crippen LogP) is 4.25. The van der Waals surface area contributed by atoms with Crippen LogP contribution in [0.1, 0.15) is 48.4 Å². The SMILES string of the molecule is COc1cc2c(cc1OC)C(CNC(=O)C1CCCC1)N(Cc1ccc(F)cc1)CC2. The molecule has 1 N–H and O–H groups in total. The van der Waals surface area contributed by atoms with Crippen molar-refractivity contribution in [3.8, 4) is 11.5 Å². The molecule has 2 aromatic rings. The fourth-order valence-electron chi connectivity index (χ4n) is 4.86. The minimum absolute atomic E-state index is 0.0129. The van der Waals surface area contributed by atoms with Crippen molar-refractivity contribution in [3.05, 3.63) is 58.9 Å². The summed E-state index contributed by atoms with van der Waals surface area (Å²) in [7, 11) is 3.29. The minimum Gasteiger partial charge on any atom is -0.493 e. The van der Waals surface area contributed by atoms with Gasteiger partial charge in [-0.1, -0.05) is 25.0 Å². The number of fused-ring (bicyclic) bond motifs is 1. The van der Waals surface area contributed by atoms with Gasteiger partial charge in [0.15, 0.2) is 11.5 Å². The third kappa shape index (κ3) is 4.85. The molecular weight excluding hydrogens is 395 g/mol. The van der Waals surface area contributed by atoms with Crippen LogP contribution in [-0.2, 0) is 17.8 Å². The van der Waals surface area contributed by atoms with E-state index >= 15 is 0 Å². The van der Waals surface area contributed by atoms with Crippen LogP contribution >= 0.6 is 0 Å². The topological polar surface area (TPSA) is 50.8 Å². The Hall–Kier alpha value is -2.60. The van der Waals surface area contributed by atoms with Crippen molar-refractivity contribution in [2.24, 2.45) is 5.92 Å². The van der Waals surface area contributed by atoms with Crippen LogP contribution in [0.5, 0.6) is 11.5 Å². The lowest BCUT2D eigenvalue weighted by Crippen LogP contribution is -2.43. The maximum atomic E-state index is 13.4. The summed E-state index contributed by atoms with van der Waals surface area (Å²) in [6, 6.07) is 10.8. The highest BCUT2D eigenvalue weighted by atomic mass is 19.1. The predicted molar refractivity (Wildman–Crippen MR) is 118 cm³/mol. The highest BCUT2D eigenvalue weighted by Gasteiger charge is 2.31. The van der Waals surface area contributed by atoms with Crippen LogP contribution in [0.3, 0.4) is 0 Å². The van der Waals surface area contributed by atoms with Gasteiger partial charge in [-0.3, -0.25) is 9.69 Å². The average Bonchev–Trinajstić information content (AvgIpc) is 3.33. The molecule has 31 heavy (non-hydrogen) atoms. The summed E-state index contributed by atoms with van der Waals surface area (Å²) in [5, 5.41) is 3.21. The van der Waals surface area contributed by atoms with Gasteiger partial charge in [-0.25, -0.2) is 4.39 Å². The second-order valence-electron chi connectivity index (χ2n) is 8.50. The molecule has 1 aliphatic carbocycles. The van der Waals surface area contributed by atoms with E-state index in [0.29, 0.717) is 18.8 Å². The van der Waals surface area contributed by atoms with E-state index in [-0.39, 0.29) is 23.7 Å². The van der Waals surface area contributed by atoms with Crippen LogP contribution in [0.15, 0.2) is 36.4 Å². The molecule has 6 heteroatoms. The third-order valence-corrected chi connectivity index (χ3v) is 6.61. The van der Waals surface area contributed by atoms with Gasteiger partial charge in [0.05, 0.1) is 20.3 Å². The molecule has 1 heterocycles. The Labute approximate surface area is 183 Å². The molecule has 0 saturated heterocycles. The molecule has 166 valence electrons. The van der Waals surface area contributed by atoms with Crippen LogP contribution in [0.25, 0.3) is 0 Å². The van der Waals surface area contributed by atoms with Gasteiger partial charge in [-0.2, -0.15) is 0 Å². The van der Waals surface area contributed by atoms with Crippen molar-refractivity contribution in [2.75, 3.05) is 27.3 Å². The first-order valence-electron chi connectivity index (χ1n) is 11.1. The van der Waals surface area contributed by atoms with Crippen molar-refractivity contribution in [1.82, 2.24) is 10.2 Å². The Bertz CT molecular complexity index is 910. The Kier molecular flexibility index (Phi) is 6.76. The fourth-order valence-corrected chi connectivity index (χ4v) is 4.86. The number of hydrogen-bond acceptors (Lipinski definition) is 4. The summed E-state index contributed by atoms with van der Waals surface area (Å²) in [6.45, 7) is 2.08. The zero-order valence-corrected chi connectivity index (χ0v) is 18.3. The molecule has 0 radical (unpaired) electrons. The molecule has 4 rings (SSSR count). The summed E-state index contributed by atoms with van der Waals surface area (Å²) >= 11 is 0. The first-order valence-corrected chi connectivity index (χ1v) is 11.1. The van der Waals surface area contributed by atoms with Crippen LogP contribution in [0, 0.1) is 11.7 Å². The Balaban J connectivity index is 1.59. The smallest absolute Gasteiger partial charge is 0.223 e. The molecule has 0 aromatic heterocycles. The lowest BCUT2D eigenvalue weighted by Gasteiger charge is -2.38. The lowest BCUT2D eigenvalue weighted by molar-refractivity contribution is -0.125. The monoisotopic (exact) mass is 426 g/mol. The minimum atomic E-state index is -0.232. The molecule has 5 nitrogen and oxygen atoms in total. The molecule has 1 saturated carbocycles. The number of benzene rings is 2. The van der Waals surface area contributed by atoms with Crippen LogP contribution in [0.4, 0.5) is 4.39 Å². The van der Waals surface area contributed by atoms with Crippen LogP contribution < -0.4 is 14.8 Å². The summed E-state index contributed by atoms with van der Waals surface area (Å²) in [4.78, 5) is 15.1. The molecule has 2 aliphatic rings. The van der Waals surface area contributed by atoms with Gasteiger partial charge < -0.3 is 14.8 Å². The normalized spacial score (nSPS) is 19.1. The first-order chi connectivity index (χ1) is 15.1.